The zero-order valence-electron chi connectivity index (χ0n) is 18.7. The van der Waals surface area contributed by atoms with E-state index in [0.717, 1.165) is 31.8 Å². The van der Waals surface area contributed by atoms with E-state index in [-0.39, 0.29) is 17.3 Å². The summed E-state index contributed by atoms with van der Waals surface area (Å²) >= 11 is 0. The number of nitro groups is 1. The lowest BCUT2D eigenvalue weighted by atomic mass is 10.2. The maximum atomic E-state index is 13.2. The van der Waals surface area contributed by atoms with Crippen LogP contribution < -0.4 is 4.74 Å². The van der Waals surface area contributed by atoms with Crippen LogP contribution in [0.1, 0.15) is 28.2 Å². The van der Waals surface area contributed by atoms with Gasteiger partial charge in [-0.25, -0.2) is 4.68 Å². The van der Waals surface area contributed by atoms with Gasteiger partial charge in [0.05, 0.1) is 23.4 Å². The van der Waals surface area contributed by atoms with Crippen LogP contribution in [-0.2, 0) is 6.54 Å². The van der Waals surface area contributed by atoms with Crippen LogP contribution in [0.2, 0.25) is 0 Å². The summed E-state index contributed by atoms with van der Waals surface area (Å²) in [5.41, 5.74) is 2.48. The number of aromatic nitrogens is 3. The van der Waals surface area contributed by atoms with E-state index >= 15 is 0 Å². The topological polar surface area (TPSA) is 107 Å². The Hall–Kier alpha value is -3.79. The normalized spacial score (nSPS) is 14.7. The first kappa shape index (κ1) is 22.4. The second-order valence-corrected chi connectivity index (χ2v) is 7.98. The maximum absolute atomic E-state index is 13.2. The number of benzene rings is 2. The highest BCUT2D eigenvalue weighted by Gasteiger charge is 2.25. The fraction of sp³-hybridized carbons (Fsp3) is 0.348. The lowest BCUT2D eigenvalue weighted by molar-refractivity contribution is -0.384. The molecule has 0 atom stereocenters. The summed E-state index contributed by atoms with van der Waals surface area (Å²) in [6.07, 6.45) is 0.861. The second kappa shape index (κ2) is 9.78. The number of non-ortho nitro benzene ring substituents is 1. The van der Waals surface area contributed by atoms with Crippen LogP contribution in [-0.4, -0.2) is 68.9 Å². The van der Waals surface area contributed by atoms with Gasteiger partial charge in [0.2, 0.25) is 0 Å². The molecular formula is C23H26N6O4. The molecule has 0 aliphatic carbocycles. The van der Waals surface area contributed by atoms with Crippen molar-refractivity contribution in [1.29, 1.82) is 0 Å². The molecule has 2 aromatic carbocycles. The molecule has 1 aliphatic rings. The Kier molecular flexibility index (Phi) is 6.64. The molecule has 0 unspecified atom stereocenters. The Labute approximate surface area is 191 Å². The number of rotatable bonds is 6. The van der Waals surface area contributed by atoms with Crippen LogP contribution in [0.15, 0.2) is 48.5 Å². The smallest absolute Gasteiger partial charge is 0.276 e. The standard InChI is InChI=1S/C23H26N6O4/c1-17-22(24-25-28(17)19-5-3-6-20(15-19)29(31)32)23(30)27-12-4-11-26(13-14-27)16-18-7-9-21(33-2)10-8-18/h3,5-10,15H,4,11-14,16H2,1-2H3. The Morgan fingerprint density at radius 3 is 2.64 bits per heavy atom. The maximum Gasteiger partial charge on any atom is 0.276 e. The highest BCUT2D eigenvalue weighted by molar-refractivity contribution is 5.93. The first-order valence-corrected chi connectivity index (χ1v) is 10.8. The molecule has 4 rings (SSSR count). The monoisotopic (exact) mass is 450 g/mol. The quantitative estimate of drug-likeness (QED) is 0.420. The Morgan fingerprint density at radius 1 is 1.12 bits per heavy atom. The van der Waals surface area contributed by atoms with E-state index in [1.54, 1.807) is 26.2 Å². The molecule has 10 heteroatoms. The van der Waals surface area contributed by atoms with E-state index < -0.39 is 4.92 Å². The van der Waals surface area contributed by atoms with Crippen LogP contribution in [0.25, 0.3) is 5.69 Å². The van der Waals surface area contributed by atoms with Gasteiger partial charge in [0.25, 0.3) is 11.6 Å². The molecule has 0 bridgehead atoms. The van der Waals surface area contributed by atoms with Crippen LogP contribution in [0.5, 0.6) is 5.75 Å². The van der Waals surface area contributed by atoms with Crippen molar-refractivity contribution in [2.75, 3.05) is 33.3 Å². The molecule has 33 heavy (non-hydrogen) atoms. The van der Waals surface area contributed by atoms with Gasteiger partial charge >= 0.3 is 0 Å². The third-order valence-corrected chi connectivity index (χ3v) is 5.82. The summed E-state index contributed by atoms with van der Waals surface area (Å²) in [5, 5.41) is 19.3. The molecule has 0 spiro atoms. The molecule has 0 saturated carbocycles. The van der Waals surface area contributed by atoms with Crippen LogP contribution in [0.3, 0.4) is 0 Å². The summed E-state index contributed by atoms with van der Waals surface area (Å²) in [4.78, 5) is 28.0. The van der Waals surface area contributed by atoms with E-state index in [9.17, 15) is 14.9 Å². The Balaban J connectivity index is 1.43. The summed E-state index contributed by atoms with van der Waals surface area (Å²) in [6.45, 7) is 5.46. The minimum atomic E-state index is -0.462. The molecule has 1 aromatic heterocycles. The van der Waals surface area contributed by atoms with Crippen molar-refractivity contribution in [3.05, 3.63) is 75.6 Å². The zero-order chi connectivity index (χ0) is 23.4. The lowest BCUT2D eigenvalue weighted by Crippen LogP contribution is -2.35. The summed E-state index contributed by atoms with van der Waals surface area (Å²) < 4.78 is 6.68. The minimum Gasteiger partial charge on any atom is -0.497 e. The predicted octanol–water partition coefficient (Wildman–Crippen LogP) is 2.84. The molecular weight excluding hydrogens is 424 g/mol. The van der Waals surface area contributed by atoms with Crippen molar-refractivity contribution < 1.29 is 14.5 Å². The summed E-state index contributed by atoms with van der Waals surface area (Å²) in [7, 11) is 1.65. The number of nitro benzene ring substituents is 1. The average molecular weight is 450 g/mol. The fourth-order valence-corrected chi connectivity index (χ4v) is 3.98. The number of methoxy groups -OCH3 is 1. The van der Waals surface area contributed by atoms with Crippen LogP contribution in [0, 0.1) is 17.0 Å². The van der Waals surface area contributed by atoms with Gasteiger partial charge in [-0.05, 0) is 37.1 Å². The van der Waals surface area contributed by atoms with Gasteiger partial charge in [0.15, 0.2) is 5.69 Å². The van der Waals surface area contributed by atoms with E-state index in [1.165, 1.54) is 22.4 Å². The van der Waals surface area contributed by atoms with Crippen molar-refractivity contribution in [2.45, 2.75) is 19.9 Å². The fourth-order valence-electron chi connectivity index (χ4n) is 3.98. The second-order valence-electron chi connectivity index (χ2n) is 7.98. The van der Waals surface area contributed by atoms with Gasteiger partial charge in [-0.2, -0.15) is 0 Å². The Bertz CT molecular complexity index is 1140. The molecule has 3 aromatic rings. The van der Waals surface area contributed by atoms with Crippen molar-refractivity contribution in [3.8, 4) is 11.4 Å². The van der Waals surface area contributed by atoms with Crippen LogP contribution in [0.4, 0.5) is 5.69 Å². The van der Waals surface area contributed by atoms with Crippen molar-refractivity contribution >= 4 is 11.6 Å². The van der Waals surface area contributed by atoms with Crippen LogP contribution >= 0.6 is 0 Å². The molecule has 0 radical (unpaired) electrons. The van der Waals surface area contributed by atoms with Crippen molar-refractivity contribution in [2.24, 2.45) is 0 Å². The molecule has 1 fully saturated rings. The highest BCUT2D eigenvalue weighted by Crippen LogP contribution is 2.20. The highest BCUT2D eigenvalue weighted by atomic mass is 16.6. The van der Waals surface area contributed by atoms with Gasteiger partial charge in [-0.3, -0.25) is 19.8 Å². The number of hydrogen-bond donors (Lipinski definition) is 0. The van der Waals surface area contributed by atoms with Gasteiger partial charge < -0.3 is 9.64 Å². The van der Waals surface area contributed by atoms with Gasteiger partial charge in [-0.1, -0.05) is 23.4 Å². The van der Waals surface area contributed by atoms with E-state index in [2.05, 4.69) is 27.3 Å². The minimum absolute atomic E-state index is 0.0419. The number of nitrogens with zero attached hydrogens (tertiary/aromatic N) is 6. The van der Waals surface area contributed by atoms with Gasteiger partial charge in [-0.15, -0.1) is 5.10 Å². The van der Waals surface area contributed by atoms with E-state index in [4.69, 9.17) is 4.74 Å². The number of amides is 1. The van der Waals surface area contributed by atoms with E-state index in [1.807, 2.05) is 17.0 Å². The molecule has 1 saturated heterocycles. The number of carbonyl (C=O) groups is 1. The van der Waals surface area contributed by atoms with Gasteiger partial charge in [0, 0.05) is 44.9 Å². The third-order valence-electron chi connectivity index (χ3n) is 5.82. The SMILES string of the molecule is COc1ccc(CN2CCCN(C(=O)c3nnn(-c4cccc([N+](=O)[O-])c4)c3C)CC2)cc1. The lowest BCUT2D eigenvalue weighted by Gasteiger charge is -2.21. The molecule has 10 nitrogen and oxygen atoms in total. The number of ether oxygens (including phenoxy) is 1. The Morgan fingerprint density at radius 2 is 1.91 bits per heavy atom. The third kappa shape index (κ3) is 5.01. The number of carbonyl (C=O) groups excluding carboxylic acids is 1. The zero-order valence-corrected chi connectivity index (χ0v) is 18.7. The summed E-state index contributed by atoms with van der Waals surface area (Å²) in [6, 6.07) is 14.1. The molecule has 0 N–H and O–H groups in total. The van der Waals surface area contributed by atoms with Crippen molar-refractivity contribution in [3.63, 3.8) is 0 Å². The largest absolute Gasteiger partial charge is 0.497 e. The molecule has 2 heterocycles. The first-order chi connectivity index (χ1) is 16.0. The molecule has 1 aliphatic heterocycles. The van der Waals surface area contributed by atoms with Gasteiger partial charge in [0.1, 0.15) is 5.75 Å². The average Bonchev–Trinajstić information content (AvgIpc) is 3.06. The van der Waals surface area contributed by atoms with Crippen molar-refractivity contribution in [1.82, 2.24) is 24.8 Å². The first-order valence-electron chi connectivity index (χ1n) is 10.8. The van der Waals surface area contributed by atoms with E-state index in [0.29, 0.717) is 24.5 Å². The predicted molar refractivity (Wildman–Crippen MR) is 122 cm³/mol. The molecule has 172 valence electrons. The molecule has 1 amide bonds. The summed E-state index contributed by atoms with van der Waals surface area (Å²) in [5.74, 6) is 0.662. The number of hydrogen-bond acceptors (Lipinski definition) is 7.